The molecule has 0 radical (unpaired) electrons. The average Bonchev–Trinajstić information content (AvgIpc) is 2.86. The van der Waals surface area contributed by atoms with E-state index in [1.165, 1.54) is 0 Å². The van der Waals surface area contributed by atoms with Crippen molar-refractivity contribution in [2.75, 3.05) is 10.7 Å². The predicted molar refractivity (Wildman–Crippen MR) is 77.2 cm³/mol. The maximum Gasteiger partial charge on any atom is 0.242 e. The summed E-state index contributed by atoms with van der Waals surface area (Å²) in [5, 5.41) is 5.89. The van der Waals surface area contributed by atoms with Crippen molar-refractivity contribution < 1.29 is 4.79 Å². The molecule has 2 rings (SSSR count). The van der Waals surface area contributed by atoms with Crippen molar-refractivity contribution in [2.45, 2.75) is 32.9 Å². The van der Waals surface area contributed by atoms with Gasteiger partial charge in [-0.1, -0.05) is 0 Å². The molecule has 0 fully saturated rings. The van der Waals surface area contributed by atoms with Crippen LogP contribution in [0.25, 0.3) is 5.65 Å². The van der Waals surface area contributed by atoms with Gasteiger partial charge in [-0.2, -0.15) is 0 Å². The zero-order chi connectivity index (χ0) is 14.7. The molecule has 1 atom stereocenters. The van der Waals surface area contributed by atoms with E-state index >= 15 is 0 Å². The summed E-state index contributed by atoms with van der Waals surface area (Å²) in [5.74, 6) is 6.26. The molecule has 2 heterocycles. The normalized spacial score (nSPS) is 12.4. The minimum absolute atomic E-state index is 0.0863. The third kappa shape index (κ3) is 2.97. The fourth-order valence-corrected chi connectivity index (χ4v) is 1.78. The molecule has 2 aromatic rings. The highest BCUT2D eigenvalue weighted by Crippen LogP contribution is 2.16. The summed E-state index contributed by atoms with van der Waals surface area (Å²) in [6.45, 7) is 5.59. The van der Waals surface area contributed by atoms with Crippen molar-refractivity contribution in [2.24, 2.45) is 5.84 Å². The Morgan fingerprint density at radius 3 is 2.80 bits per heavy atom. The maximum atomic E-state index is 11.9. The van der Waals surface area contributed by atoms with Gasteiger partial charge in [-0.05, 0) is 20.8 Å². The quantitative estimate of drug-likeness (QED) is 0.463. The minimum atomic E-state index is -0.432. The Hall–Kier alpha value is -2.35. The van der Waals surface area contributed by atoms with Crippen LogP contribution in [0.2, 0.25) is 0 Å². The summed E-state index contributed by atoms with van der Waals surface area (Å²) < 4.78 is 1.78. The van der Waals surface area contributed by atoms with E-state index in [-0.39, 0.29) is 11.9 Å². The zero-order valence-corrected chi connectivity index (χ0v) is 11.7. The number of rotatable bonds is 5. The van der Waals surface area contributed by atoms with Gasteiger partial charge in [-0.15, -0.1) is 0 Å². The van der Waals surface area contributed by atoms with Gasteiger partial charge in [-0.3, -0.25) is 4.79 Å². The predicted octanol–water partition coefficient (Wildman–Crippen LogP) is 0.340. The van der Waals surface area contributed by atoms with Crippen LogP contribution in [0.1, 0.15) is 20.8 Å². The van der Waals surface area contributed by atoms with Gasteiger partial charge in [0.1, 0.15) is 6.04 Å². The number of anilines is 2. The largest absolute Gasteiger partial charge is 0.355 e. The number of nitrogens with one attached hydrogen (secondary N) is 3. The maximum absolute atomic E-state index is 11.9. The van der Waals surface area contributed by atoms with Crippen LogP contribution in [-0.4, -0.2) is 32.4 Å². The fourth-order valence-electron chi connectivity index (χ4n) is 1.78. The lowest BCUT2D eigenvalue weighted by Crippen LogP contribution is -2.41. The monoisotopic (exact) mass is 277 g/mol. The summed E-state index contributed by atoms with van der Waals surface area (Å²) >= 11 is 0. The van der Waals surface area contributed by atoms with Gasteiger partial charge in [0.2, 0.25) is 5.91 Å². The molecule has 5 N–H and O–H groups in total. The van der Waals surface area contributed by atoms with Gasteiger partial charge in [0.15, 0.2) is 17.3 Å². The summed E-state index contributed by atoms with van der Waals surface area (Å²) in [6.07, 6.45) is 5.15. The van der Waals surface area contributed by atoms with Gasteiger partial charge in [-0.25, -0.2) is 15.8 Å². The Balaban J connectivity index is 2.24. The highest BCUT2D eigenvalue weighted by atomic mass is 16.2. The number of nitrogens with two attached hydrogens (primary N) is 1. The first-order valence-corrected chi connectivity index (χ1v) is 6.38. The summed E-state index contributed by atoms with van der Waals surface area (Å²) in [6, 6.07) is -0.346. The fraction of sp³-hybridized carbons (Fsp3) is 0.417. The number of fused-ring (bicyclic) bond motifs is 1. The number of carbonyl (C=O) groups is 1. The molecule has 0 aromatic carbocycles. The van der Waals surface area contributed by atoms with Crippen molar-refractivity contribution in [3.63, 3.8) is 0 Å². The third-order valence-electron chi connectivity index (χ3n) is 2.70. The molecule has 1 amide bonds. The number of amides is 1. The van der Waals surface area contributed by atoms with E-state index in [0.29, 0.717) is 17.3 Å². The van der Waals surface area contributed by atoms with Crippen LogP contribution in [-0.2, 0) is 4.79 Å². The summed E-state index contributed by atoms with van der Waals surface area (Å²) in [7, 11) is 0. The number of carbonyl (C=O) groups excluding carboxylic acids is 1. The van der Waals surface area contributed by atoms with Crippen LogP contribution in [0, 0.1) is 0 Å². The van der Waals surface area contributed by atoms with Crippen LogP contribution < -0.4 is 21.9 Å². The number of hydrogen-bond donors (Lipinski definition) is 4. The van der Waals surface area contributed by atoms with Gasteiger partial charge in [0.05, 0.1) is 6.20 Å². The van der Waals surface area contributed by atoms with Crippen molar-refractivity contribution in [1.29, 1.82) is 0 Å². The first-order chi connectivity index (χ1) is 9.51. The van der Waals surface area contributed by atoms with Crippen molar-refractivity contribution in [3.05, 3.63) is 18.6 Å². The number of nitrogens with zero attached hydrogens (tertiary/aromatic N) is 3. The molecule has 1 unspecified atom stereocenters. The molecule has 0 spiro atoms. The molecule has 8 heteroatoms. The van der Waals surface area contributed by atoms with E-state index in [0.717, 1.165) is 0 Å². The van der Waals surface area contributed by atoms with Crippen LogP contribution in [0.15, 0.2) is 18.6 Å². The average molecular weight is 277 g/mol. The molecule has 0 saturated heterocycles. The SMILES string of the molecule is CC(C)NC(=O)C(C)Nc1nc(NN)cn2ccnc12. The Kier molecular flexibility index (Phi) is 4.04. The topological polar surface area (TPSA) is 109 Å². The summed E-state index contributed by atoms with van der Waals surface area (Å²) in [5.41, 5.74) is 3.12. The van der Waals surface area contributed by atoms with Gasteiger partial charge >= 0.3 is 0 Å². The molecular formula is C12H19N7O. The third-order valence-corrected chi connectivity index (χ3v) is 2.70. The first-order valence-electron chi connectivity index (χ1n) is 6.38. The van der Waals surface area contributed by atoms with E-state index in [1.807, 2.05) is 13.8 Å². The lowest BCUT2D eigenvalue weighted by atomic mass is 10.3. The Bertz CT molecular complexity index is 607. The van der Waals surface area contributed by atoms with Crippen LogP contribution in [0.5, 0.6) is 0 Å². The second kappa shape index (κ2) is 5.74. The molecule has 0 bridgehead atoms. The summed E-state index contributed by atoms with van der Waals surface area (Å²) in [4.78, 5) is 20.4. The second-order valence-electron chi connectivity index (χ2n) is 4.81. The van der Waals surface area contributed by atoms with E-state index < -0.39 is 6.04 Å². The Morgan fingerprint density at radius 1 is 1.40 bits per heavy atom. The van der Waals surface area contributed by atoms with Gasteiger partial charge in [0.25, 0.3) is 0 Å². The van der Waals surface area contributed by atoms with Gasteiger partial charge < -0.3 is 20.5 Å². The van der Waals surface area contributed by atoms with Crippen molar-refractivity contribution in [3.8, 4) is 0 Å². The number of nitrogen functional groups attached to an aromatic ring is 1. The van der Waals surface area contributed by atoms with Gasteiger partial charge in [0, 0.05) is 18.4 Å². The van der Waals surface area contributed by atoms with E-state index in [9.17, 15) is 4.79 Å². The molecule has 108 valence electrons. The molecule has 0 saturated carbocycles. The van der Waals surface area contributed by atoms with E-state index in [2.05, 4.69) is 26.0 Å². The smallest absolute Gasteiger partial charge is 0.242 e. The highest BCUT2D eigenvalue weighted by Gasteiger charge is 2.16. The van der Waals surface area contributed by atoms with Crippen molar-refractivity contribution >= 4 is 23.2 Å². The second-order valence-corrected chi connectivity index (χ2v) is 4.81. The number of hydrazine groups is 1. The molecule has 0 aliphatic carbocycles. The van der Waals surface area contributed by atoms with Crippen LogP contribution in [0.4, 0.5) is 11.6 Å². The standard InChI is InChI=1S/C12H19N7O/c1-7(2)15-12(20)8(3)16-10-11-14-4-5-19(11)6-9(17-10)18-13/h4-8,18H,13H2,1-3H3,(H,15,20)(H,16,17). The molecule has 20 heavy (non-hydrogen) atoms. The molecule has 0 aliphatic heterocycles. The van der Waals surface area contributed by atoms with E-state index in [1.54, 1.807) is 29.9 Å². The first kappa shape index (κ1) is 14.1. The van der Waals surface area contributed by atoms with Crippen LogP contribution in [0.3, 0.4) is 0 Å². The molecule has 2 aromatic heterocycles. The highest BCUT2D eigenvalue weighted by molar-refractivity contribution is 5.85. The molecular weight excluding hydrogens is 258 g/mol. The lowest BCUT2D eigenvalue weighted by molar-refractivity contribution is -0.122. The Morgan fingerprint density at radius 2 is 2.15 bits per heavy atom. The molecule has 8 nitrogen and oxygen atoms in total. The zero-order valence-electron chi connectivity index (χ0n) is 11.7. The van der Waals surface area contributed by atoms with E-state index in [4.69, 9.17) is 5.84 Å². The number of aromatic nitrogens is 3. The lowest BCUT2D eigenvalue weighted by Gasteiger charge is -2.17. The molecule has 0 aliphatic rings. The van der Waals surface area contributed by atoms with Crippen LogP contribution >= 0.6 is 0 Å². The number of hydrogen-bond acceptors (Lipinski definition) is 6. The Labute approximate surface area is 116 Å². The van der Waals surface area contributed by atoms with Crippen molar-refractivity contribution in [1.82, 2.24) is 19.7 Å². The minimum Gasteiger partial charge on any atom is -0.355 e. The number of imidazole rings is 1.